The number of unbranched alkanes of at least 4 members (excludes halogenated alkanes) is 1. The van der Waals surface area contributed by atoms with Gasteiger partial charge in [-0.3, -0.25) is 4.79 Å². The van der Waals surface area contributed by atoms with Gasteiger partial charge >= 0.3 is 12.1 Å². The van der Waals surface area contributed by atoms with E-state index in [0.29, 0.717) is 25.7 Å². The topological polar surface area (TPSA) is 85.2 Å². The maximum atomic E-state index is 13.4. The molecule has 0 aliphatic heterocycles. The zero-order valence-electron chi connectivity index (χ0n) is 28.7. The van der Waals surface area contributed by atoms with Crippen LogP contribution in [0.1, 0.15) is 79.2 Å². The number of alkyl halides is 3. The molecule has 2 N–H and O–H groups in total. The third kappa shape index (κ3) is 11.9. The van der Waals surface area contributed by atoms with Gasteiger partial charge in [-0.25, -0.2) is 0 Å². The van der Waals surface area contributed by atoms with Crippen LogP contribution in [0.15, 0.2) is 48.6 Å². The zero-order chi connectivity index (χ0) is 34.4. The van der Waals surface area contributed by atoms with E-state index in [-0.39, 0.29) is 36.7 Å². The quantitative estimate of drug-likeness (QED) is 0.0761. The Labute approximate surface area is 276 Å². The summed E-state index contributed by atoms with van der Waals surface area (Å²) in [4.78, 5) is 10.9. The fourth-order valence-corrected chi connectivity index (χ4v) is 12.2. The van der Waals surface area contributed by atoms with Gasteiger partial charge in [0.15, 0.2) is 16.6 Å². The Hall–Kier alpha value is -1.93. The highest BCUT2D eigenvalue weighted by molar-refractivity contribution is 6.74. The molecule has 0 aromatic heterocycles. The molecule has 0 heterocycles. The normalized spacial score (nSPS) is 21.8. The monoisotopic (exact) mass is 686 g/mol. The van der Waals surface area contributed by atoms with Crippen molar-refractivity contribution in [3.05, 3.63) is 54.1 Å². The Bertz CT molecular complexity index is 1090. The van der Waals surface area contributed by atoms with E-state index in [1.54, 1.807) is 0 Å². The van der Waals surface area contributed by atoms with Crippen LogP contribution in [0.2, 0.25) is 36.3 Å². The lowest BCUT2D eigenvalue weighted by Crippen LogP contribution is -2.42. The van der Waals surface area contributed by atoms with Gasteiger partial charge in [-0.2, -0.15) is 13.2 Å². The van der Waals surface area contributed by atoms with Crippen LogP contribution < -0.4 is 4.74 Å². The van der Waals surface area contributed by atoms with Gasteiger partial charge in [-0.15, -0.1) is 0 Å². The molecule has 1 aliphatic rings. The van der Waals surface area contributed by atoms with Gasteiger partial charge in [0.25, 0.3) is 0 Å². The summed E-state index contributed by atoms with van der Waals surface area (Å²) in [5.41, 5.74) is -0.758. The molecule has 11 heteroatoms. The van der Waals surface area contributed by atoms with Gasteiger partial charge in [0.1, 0.15) is 12.4 Å². The molecule has 1 fully saturated rings. The summed E-state index contributed by atoms with van der Waals surface area (Å²) in [6, 6.07) is 10.6. The molecular weight excluding hydrogens is 630 g/mol. The molecule has 1 saturated carbocycles. The molecule has 0 unspecified atom stereocenters. The minimum atomic E-state index is -4.46. The number of ether oxygens (including phenoxy) is 1. The van der Waals surface area contributed by atoms with E-state index in [1.165, 1.54) is 12.1 Å². The Morgan fingerprint density at radius 2 is 1.63 bits per heavy atom. The number of rotatable bonds is 21. The van der Waals surface area contributed by atoms with Gasteiger partial charge in [-0.1, -0.05) is 71.9 Å². The first-order chi connectivity index (χ1) is 21.8. The van der Waals surface area contributed by atoms with Crippen LogP contribution in [0.25, 0.3) is 0 Å². The number of hydrogen-bond donors (Lipinski definition) is 2. The summed E-state index contributed by atoms with van der Waals surface area (Å²) in [5.74, 6) is -0.849. The number of carboxylic acids is 1. The lowest BCUT2D eigenvalue weighted by atomic mass is 9.89. The number of aliphatic carboxylic acids is 1. The summed E-state index contributed by atoms with van der Waals surface area (Å²) in [6.07, 6.45) is 4.99. The average molecular weight is 687 g/mol. The predicted molar refractivity (Wildman–Crippen MR) is 183 cm³/mol. The fourth-order valence-electron chi connectivity index (χ4n) is 6.52. The summed E-state index contributed by atoms with van der Waals surface area (Å²) in [6.45, 7) is 13.0. The van der Waals surface area contributed by atoms with E-state index in [0.717, 1.165) is 48.4 Å². The number of allylic oxidation sites excluding steroid dienone is 2. The number of carbonyl (C=O) groups is 1. The molecule has 0 bridgehead atoms. The Morgan fingerprint density at radius 3 is 2.20 bits per heavy atom. The standard InChI is InChI=1S/C35H57F3O6Si2/c1-7-45(8-2,9-3)43-29(26-42-28-19-17-18-27(24-28)35(36,37)38)22-23-31-30(20-15-13-14-16-21-34(40)41)32(39)25-33(31)44-46(10-4,11-5)12-6/h13,15,17-19,22-24,29-33,39H,7-12,14,16,20-21,25-26H2,1-6H3,(H,40,41)/b15-13-,23-22?/t29-,30-,31+,32-,33-/m1/s1. The van der Waals surface area contributed by atoms with E-state index >= 15 is 0 Å². The third-order valence-electron chi connectivity index (χ3n) is 10.0. The van der Waals surface area contributed by atoms with Crippen LogP contribution in [0.3, 0.4) is 0 Å². The van der Waals surface area contributed by atoms with Crippen LogP contribution in [0.4, 0.5) is 13.2 Å². The smallest absolute Gasteiger partial charge is 0.416 e. The van der Waals surface area contributed by atoms with Crippen molar-refractivity contribution in [1.29, 1.82) is 0 Å². The van der Waals surface area contributed by atoms with E-state index in [9.17, 15) is 23.1 Å². The van der Waals surface area contributed by atoms with Crippen molar-refractivity contribution in [3.8, 4) is 5.75 Å². The molecule has 1 aliphatic carbocycles. The lowest BCUT2D eigenvalue weighted by Gasteiger charge is -2.35. The van der Waals surface area contributed by atoms with Gasteiger partial charge in [0, 0.05) is 12.3 Å². The first-order valence-electron chi connectivity index (χ1n) is 17.2. The van der Waals surface area contributed by atoms with Gasteiger partial charge < -0.3 is 23.8 Å². The first-order valence-corrected chi connectivity index (χ1v) is 22.3. The molecule has 1 aromatic rings. The van der Waals surface area contributed by atoms with Gasteiger partial charge in [0.05, 0.1) is 23.9 Å². The molecule has 0 saturated heterocycles. The van der Waals surface area contributed by atoms with Crippen molar-refractivity contribution < 1.29 is 41.8 Å². The Morgan fingerprint density at radius 1 is 1.00 bits per heavy atom. The van der Waals surface area contributed by atoms with E-state index < -0.39 is 46.6 Å². The van der Waals surface area contributed by atoms with Crippen molar-refractivity contribution in [2.45, 2.75) is 134 Å². The van der Waals surface area contributed by atoms with Crippen LogP contribution in [-0.2, 0) is 19.8 Å². The zero-order valence-corrected chi connectivity index (χ0v) is 30.7. The SMILES string of the molecule is CC[Si](CC)(CC)O[C@H](C=C[C@H]1[C@@H](C/C=C\CCCC(=O)O)[C@H](O)C[C@H]1O[Si](CC)(CC)CC)COc1cccc(C(F)(F)F)c1. The second-order valence-electron chi connectivity index (χ2n) is 12.6. The fraction of sp³-hybridized carbons (Fsp3) is 0.686. The van der Waals surface area contributed by atoms with Crippen molar-refractivity contribution in [2.75, 3.05) is 6.61 Å². The van der Waals surface area contributed by atoms with Crippen LogP contribution in [0.5, 0.6) is 5.75 Å². The number of aliphatic hydroxyl groups is 1. The average Bonchev–Trinajstić information content (AvgIpc) is 3.33. The van der Waals surface area contributed by atoms with Gasteiger partial charge in [-0.05, 0) is 86.1 Å². The van der Waals surface area contributed by atoms with Crippen molar-refractivity contribution >= 4 is 22.6 Å². The Kier molecular flexibility index (Phi) is 16.8. The molecule has 1 aromatic carbocycles. The molecule has 0 spiro atoms. The molecular formula is C35H57F3O6Si2. The summed E-state index contributed by atoms with van der Waals surface area (Å²) in [5, 5.41) is 20.2. The minimum Gasteiger partial charge on any atom is -0.491 e. The number of halogens is 3. The molecule has 0 radical (unpaired) electrons. The largest absolute Gasteiger partial charge is 0.491 e. The first kappa shape index (κ1) is 40.2. The van der Waals surface area contributed by atoms with Crippen molar-refractivity contribution in [1.82, 2.24) is 0 Å². The molecule has 5 atom stereocenters. The van der Waals surface area contributed by atoms with Crippen molar-refractivity contribution in [3.63, 3.8) is 0 Å². The highest BCUT2D eigenvalue weighted by atomic mass is 28.4. The van der Waals surface area contributed by atoms with Crippen LogP contribution in [0, 0.1) is 11.8 Å². The van der Waals surface area contributed by atoms with Gasteiger partial charge in [0.2, 0.25) is 0 Å². The number of carboxylic acid groups (broad SMARTS) is 1. The maximum absolute atomic E-state index is 13.4. The third-order valence-corrected chi connectivity index (χ3v) is 19.4. The van der Waals surface area contributed by atoms with E-state index in [2.05, 4.69) is 47.6 Å². The van der Waals surface area contributed by atoms with E-state index in [4.69, 9.17) is 18.7 Å². The molecule has 0 amide bonds. The summed E-state index contributed by atoms with van der Waals surface area (Å²) >= 11 is 0. The van der Waals surface area contributed by atoms with Crippen molar-refractivity contribution in [2.24, 2.45) is 11.8 Å². The second kappa shape index (κ2) is 19.2. The summed E-state index contributed by atoms with van der Waals surface area (Å²) < 4.78 is 59.8. The van der Waals surface area contributed by atoms with Crippen LogP contribution >= 0.6 is 0 Å². The second-order valence-corrected chi connectivity index (χ2v) is 22.0. The lowest BCUT2D eigenvalue weighted by molar-refractivity contribution is -0.138. The Balaban J connectivity index is 2.40. The number of hydrogen-bond acceptors (Lipinski definition) is 5. The van der Waals surface area contributed by atoms with Crippen LogP contribution in [-0.4, -0.2) is 57.7 Å². The highest BCUT2D eigenvalue weighted by Crippen LogP contribution is 2.41. The molecule has 46 heavy (non-hydrogen) atoms. The summed E-state index contributed by atoms with van der Waals surface area (Å²) in [7, 11) is -4.11. The number of aliphatic hydroxyl groups excluding tert-OH is 1. The molecule has 262 valence electrons. The highest BCUT2D eigenvalue weighted by Gasteiger charge is 2.45. The number of benzene rings is 1. The predicted octanol–water partition coefficient (Wildman–Crippen LogP) is 9.62. The maximum Gasteiger partial charge on any atom is 0.416 e. The molecule has 2 rings (SSSR count). The molecule has 6 nitrogen and oxygen atoms in total. The minimum absolute atomic E-state index is 0.0685. The van der Waals surface area contributed by atoms with E-state index in [1.807, 2.05) is 18.2 Å².